The molecule has 18 heavy (non-hydrogen) atoms. The molecule has 0 aromatic carbocycles. The zero-order valence-electron chi connectivity index (χ0n) is 9.81. The number of rotatable bonds is 2. The van der Waals surface area contributed by atoms with E-state index < -0.39 is 6.04 Å². The van der Waals surface area contributed by atoms with Crippen LogP contribution in [0.4, 0.5) is 0 Å². The normalized spacial score (nSPS) is 19.7. The first-order valence-electron chi connectivity index (χ1n) is 5.48. The van der Waals surface area contributed by atoms with E-state index in [1.165, 1.54) is 24.3 Å². The van der Waals surface area contributed by atoms with Crippen LogP contribution in [0.3, 0.4) is 0 Å². The van der Waals surface area contributed by atoms with Crippen LogP contribution in [0.2, 0.25) is 5.22 Å². The number of nitrogens with one attached hydrogen (secondary N) is 1. The summed E-state index contributed by atoms with van der Waals surface area (Å²) < 4.78 is 10.1. The van der Waals surface area contributed by atoms with E-state index in [4.69, 9.17) is 20.8 Å². The second-order valence-electron chi connectivity index (χ2n) is 3.81. The van der Waals surface area contributed by atoms with Crippen molar-refractivity contribution in [1.82, 2.24) is 10.2 Å². The van der Waals surface area contributed by atoms with E-state index in [0.717, 1.165) is 0 Å². The molecule has 1 unspecified atom stereocenters. The molecule has 2 heterocycles. The molecule has 1 aromatic rings. The number of carbonyl (C=O) groups is 2. The van der Waals surface area contributed by atoms with Gasteiger partial charge in [0, 0.05) is 13.6 Å². The predicted molar refractivity (Wildman–Crippen MR) is 63.4 cm³/mol. The highest BCUT2D eigenvalue weighted by atomic mass is 35.5. The highest BCUT2D eigenvalue weighted by molar-refractivity contribution is 6.32. The van der Waals surface area contributed by atoms with Gasteiger partial charge in [-0.1, -0.05) is 0 Å². The minimum atomic E-state index is -0.637. The highest BCUT2D eigenvalue weighted by Gasteiger charge is 2.34. The standard InChI is InChI=1S/C11H13ClN2O4/c1-13-10(15)8-6-17-5-3-14(8)11(16)7-2-4-18-9(7)12/h2,4,8H,3,5-6H2,1H3,(H,13,15). The third-order valence-corrected chi connectivity index (χ3v) is 3.08. The summed E-state index contributed by atoms with van der Waals surface area (Å²) in [4.78, 5) is 25.4. The van der Waals surface area contributed by atoms with Gasteiger partial charge in [0.2, 0.25) is 11.1 Å². The average molecular weight is 273 g/mol. The maximum atomic E-state index is 12.3. The van der Waals surface area contributed by atoms with Gasteiger partial charge in [0.25, 0.3) is 5.91 Å². The number of morpholine rings is 1. The smallest absolute Gasteiger partial charge is 0.259 e. The Balaban J connectivity index is 2.21. The Kier molecular flexibility index (Phi) is 3.88. The van der Waals surface area contributed by atoms with Gasteiger partial charge < -0.3 is 19.4 Å². The summed E-state index contributed by atoms with van der Waals surface area (Å²) >= 11 is 5.77. The Morgan fingerprint density at radius 3 is 2.94 bits per heavy atom. The molecule has 0 radical (unpaired) electrons. The molecule has 7 heteroatoms. The number of ether oxygens (including phenoxy) is 1. The molecule has 2 rings (SSSR count). The van der Waals surface area contributed by atoms with Crippen molar-refractivity contribution < 1.29 is 18.7 Å². The van der Waals surface area contributed by atoms with Gasteiger partial charge in [-0.15, -0.1) is 0 Å². The molecule has 1 fully saturated rings. The van der Waals surface area contributed by atoms with E-state index in [2.05, 4.69) is 5.32 Å². The third kappa shape index (κ3) is 2.34. The van der Waals surface area contributed by atoms with Gasteiger partial charge in [0.15, 0.2) is 0 Å². The van der Waals surface area contributed by atoms with Crippen LogP contribution in [0.5, 0.6) is 0 Å². The van der Waals surface area contributed by atoms with Crippen molar-refractivity contribution in [2.45, 2.75) is 6.04 Å². The molecule has 1 aromatic heterocycles. The fraction of sp³-hybridized carbons (Fsp3) is 0.455. The van der Waals surface area contributed by atoms with Crippen molar-refractivity contribution in [2.75, 3.05) is 26.8 Å². The number of hydrogen-bond donors (Lipinski definition) is 1. The molecular weight excluding hydrogens is 260 g/mol. The van der Waals surface area contributed by atoms with E-state index in [-0.39, 0.29) is 29.2 Å². The second-order valence-corrected chi connectivity index (χ2v) is 4.15. The first-order valence-corrected chi connectivity index (χ1v) is 5.86. The van der Waals surface area contributed by atoms with Gasteiger partial charge >= 0.3 is 0 Å². The lowest BCUT2D eigenvalue weighted by molar-refractivity contribution is -0.130. The summed E-state index contributed by atoms with van der Waals surface area (Å²) in [7, 11) is 1.52. The number of halogens is 1. The van der Waals surface area contributed by atoms with Crippen LogP contribution in [-0.4, -0.2) is 49.6 Å². The van der Waals surface area contributed by atoms with Gasteiger partial charge in [0.05, 0.1) is 25.0 Å². The van der Waals surface area contributed by atoms with Crippen molar-refractivity contribution in [3.05, 3.63) is 23.1 Å². The van der Waals surface area contributed by atoms with Gasteiger partial charge in [-0.05, 0) is 17.7 Å². The van der Waals surface area contributed by atoms with Crippen molar-refractivity contribution in [3.8, 4) is 0 Å². The fourth-order valence-electron chi connectivity index (χ4n) is 1.83. The predicted octanol–water partition coefficient (Wildman–Crippen LogP) is 0.520. The van der Waals surface area contributed by atoms with Crippen LogP contribution in [-0.2, 0) is 9.53 Å². The van der Waals surface area contributed by atoms with Crippen LogP contribution in [0.25, 0.3) is 0 Å². The van der Waals surface area contributed by atoms with Crippen LogP contribution >= 0.6 is 11.6 Å². The lowest BCUT2D eigenvalue weighted by Gasteiger charge is -2.34. The van der Waals surface area contributed by atoms with Crippen molar-refractivity contribution in [2.24, 2.45) is 0 Å². The van der Waals surface area contributed by atoms with Crippen LogP contribution < -0.4 is 5.32 Å². The van der Waals surface area contributed by atoms with Gasteiger partial charge in [0.1, 0.15) is 6.04 Å². The lowest BCUT2D eigenvalue weighted by Crippen LogP contribution is -2.55. The van der Waals surface area contributed by atoms with Crippen LogP contribution in [0.1, 0.15) is 10.4 Å². The fourth-order valence-corrected chi connectivity index (χ4v) is 2.03. The molecule has 6 nitrogen and oxygen atoms in total. The lowest BCUT2D eigenvalue weighted by atomic mass is 10.1. The largest absolute Gasteiger partial charge is 0.452 e. The molecule has 0 aliphatic carbocycles. The molecule has 1 aliphatic rings. The average Bonchev–Trinajstić information content (AvgIpc) is 2.83. The molecule has 0 spiro atoms. The van der Waals surface area contributed by atoms with Gasteiger partial charge in [-0.25, -0.2) is 0 Å². The second kappa shape index (κ2) is 5.41. The van der Waals surface area contributed by atoms with Gasteiger partial charge in [-0.2, -0.15) is 0 Å². The molecule has 98 valence electrons. The third-order valence-electron chi connectivity index (χ3n) is 2.79. The molecule has 1 saturated heterocycles. The maximum absolute atomic E-state index is 12.3. The molecule has 1 aliphatic heterocycles. The van der Waals surface area contributed by atoms with E-state index in [1.807, 2.05) is 0 Å². The van der Waals surface area contributed by atoms with Crippen molar-refractivity contribution >= 4 is 23.4 Å². The van der Waals surface area contributed by atoms with Crippen molar-refractivity contribution in [1.29, 1.82) is 0 Å². The molecule has 0 bridgehead atoms. The summed E-state index contributed by atoms with van der Waals surface area (Å²) in [5, 5.41) is 2.54. The first kappa shape index (κ1) is 12.9. The van der Waals surface area contributed by atoms with Crippen molar-refractivity contribution in [3.63, 3.8) is 0 Å². The van der Waals surface area contributed by atoms with E-state index in [1.54, 1.807) is 0 Å². The Morgan fingerprint density at radius 1 is 1.56 bits per heavy atom. The molecular formula is C11H13ClN2O4. The van der Waals surface area contributed by atoms with Gasteiger partial charge in [-0.3, -0.25) is 9.59 Å². The van der Waals surface area contributed by atoms with Crippen LogP contribution in [0.15, 0.2) is 16.7 Å². The zero-order valence-corrected chi connectivity index (χ0v) is 10.6. The Labute approximate surface area is 109 Å². The molecule has 2 amide bonds. The molecule has 1 N–H and O–H groups in total. The Bertz CT molecular complexity index is 460. The quantitative estimate of drug-likeness (QED) is 0.852. The summed E-state index contributed by atoms with van der Waals surface area (Å²) in [5.74, 6) is -0.590. The number of furan rings is 1. The number of nitrogens with zero attached hydrogens (tertiary/aromatic N) is 1. The highest BCUT2D eigenvalue weighted by Crippen LogP contribution is 2.21. The zero-order chi connectivity index (χ0) is 13.1. The summed E-state index contributed by atoms with van der Waals surface area (Å²) in [6.45, 7) is 0.925. The van der Waals surface area contributed by atoms with Crippen LogP contribution in [0, 0.1) is 0 Å². The maximum Gasteiger partial charge on any atom is 0.259 e. The number of carbonyl (C=O) groups excluding carboxylic acids is 2. The Hall–Kier alpha value is -1.53. The molecule has 1 atom stereocenters. The van der Waals surface area contributed by atoms with E-state index in [0.29, 0.717) is 13.2 Å². The summed E-state index contributed by atoms with van der Waals surface area (Å²) in [6, 6.07) is 0.850. The van der Waals surface area contributed by atoms with E-state index >= 15 is 0 Å². The number of likely N-dealkylation sites (N-methyl/N-ethyl adjacent to an activating group) is 1. The topological polar surface area (TPSA) is 71.8 Å². The Morgan fingerprint density at radius 2 is 2.33 bits per heavy atom. The number of amides is 2. The first-order chi connectivity index (χ1) is 8.65. The number of hydrogen-bond acceptors (Lipinski definition) is 4. The summed E-state index contributed by atoms with van der Waals surface area (Å²) in [6.07, 6.45) is 1.34. The monoisotopic (exact) mass is 272 g/mol. The minimum Gasteiger partial charge on any atom is -0.452 e. The SMILES string of the molecule is CNC(=O)C1COCCN1C(=O)c1ccoc1Cl. The molecule has 0 saturated carbocycles. The minimum absolute atomic E-state index is 0.0298. The summed E-state index contributed by atoms with van der Waals surface area (Å²) in [5.41, 5.74) is 0.257. The van der Waals surface area contributed by atoms with E-state index in [9.17, 15) is 9.59 Å².